The van der Waals surface area contributed by atoms with Gasteiger partial charge in [0.05, 0.1) is 23.8 Å². The van der Waals surface area contributed by atoms with E-state index >= 15 is 0 Å². The summed E-state index contributed by atoms with van der Waals surface area (Å²) in [5.74, 6) is -0.212. The number of carbonyl (C=O) groups excluding carboxylic acids is 1. The van der Waals surface area contributed by atoms with Crippen LogP contribution in [0.25, 0.3) is 0 Å². The van der Waals surface area contributed by atoms with E-state index in [4.69, 9.17) is 0 Å². The molecule has 1 saturated heterocycles. The Labute approximate surface area is 144 Å². The molecule has 1 aromatic carbocycles. The standard InChI is InChI=1S/C17H19F2N5O/c1-11-4-6-24(7-5-11)16-20-9-13(10-21-16)22-17(25)23-15-3-2-12(18)8-14(15)19/h2-3,8-11H,4-7H2,1H3,(H2,22,23,25). The minimum absolute atomic E-state index is 0.112. The van der Waals surface area contributed by atoms with Gasteiger partial charge in [-0.05, 0) is 30.9 Å². The molecule has 1 aliphatic rings. The van der Waals surface area contributed by atoms with Crippen molar-refractivity contribution >= 4 is 23.4 Å². The fraction of sp³-hybridized carbons (Fsp3) is 0.353. The maximum Gasteiger partial charge on any atom is 0.323 e. The van der Waals surface area contributed by atoms with E-state index in [9.17, 15) is 13.6 Å². The number of benzene rings is 1. The third kappa shape index (κ3) is 4.40. The van der Waals surface area contributed by atoms with Gasteiger partial charge in [0.1, 0.15) is 11.6 Å². The maximum absolute atomic E-state index is 13.5. The van der Waals surface area contributed by atoms with Gasteiger partial charge in [0.15, 0.2) is 0 Å². The lowest BCUT2D eigenvalue weighted by molar-refractivity contribution is 0.262. The molecule has 0 radical (unpaired) electrons. The minimum Gasteiger partial charge on any atom is -0.341 e. The molecule has 2 amide bonds. The molecule has 0 aliphatic carbocycles. The first-order chi connectivity index (χ1) is 12.0. The Kier molecular flexibility index (Phi) is 5.06. The van der Waals surface area contributed by atoms with Crippen molar-refractivity contribution in [3.05, 3.63) is 42.2 Å². The third-order valence-corrected chi connectivity index (χ3v) is 4.14. The Bertz CT molecular complexity index is 745. The van der Waals surface area contributed by atoms with Crippen LogP contribution in [0.4, 0.5) is 30.9 Å². The van der Waals surface area contributed by atoms with Crippen LogP contribution in [0.5, 0.6) is 0 Å². The molecule has 8 heteroatoms. The van der Waals surface area contributed by atoms with Crippen molar-refractivity contribution < 1.29 is 13.6 Å². The van der Waals surface area contributed by atoms with Crippen molar-refractivity contribution in [3.8, 4) is 0 Å². The van der Waals surface area contributed by atoms with E-state index in [2.05, 4.69) is 32.4 Å². The van der Waals surface area contributed by atoms with Crippen LogP contribution in [0.15, 0.2) is 30.6 Å². The van der Waals surface area contributed by atoms with Gasteiger partial charge in [0.25, 0.3) is 0 Å². The zero-order valence-corrected chi connectivity index (χ0v) is 13.8. The molecule has 1 aliphatic heterocycles. The van der Waals surface area contributed by atoms with E-state index in [1.165, 1.54) is 12.4 Å². The molecule has 3 rings (SSSR count). The van der Waals surface area contributed by atoms with Crippen molar-refractivity contribution in [3.63, 3.8) is 0 Å². The van der Waals surface area contributed by atoms with E-state index in [1.54, 1.807) is 0 Å². The number of nitrogens with one attached hydrogen (secondary N) is 2. The second-order valence-corrected chi connectivity index (χ2v) is 6.14. The lowest BCUT2D eigenvalue weighted by Gasteiger charge is -2.30. The third-order valence-electron chi connectivity index (χ3n) is 4.14. The lowest BCUT2D eigenvalue weighted by Crippen LogP contribution is -2.34. The Morgan fingerprint density at radius 3 is 2.48 bits per heavy atom. The zero-order valence-electron chi connectivity index (χ0n) is 13.8. The van der Waals surface area contributed by atoms with E-state index in [-0.39, 0.29) is 5.69 Å². The predicted molar refractivity (Wildman–Crippen MR) is 91.6 cm³/mol. The molecule has 1 fully saturated rings. The minimum atomic E-state index is -0.846. The van der Waals surface area contributed by atoms with E-state index in [0.717, 1.165) is 38.1 Å². The smallest absolute Gasteiger partial charge is 0.323 e. The SMILES string of the molecule is CC1CCN(c2ncc(NC(=O)Nc3ccc(F)cc3F)cn2)CC1. The molecule has 132 valence electrons. The second-order valence-electron chi connectivity index (χ2n) is 6.14. The average molecular weight is 347 g/mol. The number of halogens is 2. The number of nitrogens with zero attached hydrogens (tertiary/aromatic N) is 3. The van der Waals surface area contributed by atoms with Gasteiger partial charge < -0.3 is 15.5 Å². The van der Waals surface area contributed by atoms with Gasteiger partial charge in [-0.1, -0.05) is 6.92 Å². The molecule has 0 spiro atoms. The highest BCUT2D eigenvalue weighted by Gasteiger charge is 2.18. The maximum atomic E-state index is 13.5. The van der Waals surface area contributed by atoms with Gasteiger partial charge in [-0.15, -0.1) is 0 Å². The number of piperidine rings is 1. The van der Waals surface area contributed by atoms with Crippen LogP contribution >= 0.6 is 0 Å². The normalized spacial score (nSPS) is 15.1. The average Bonchev–Trinajstić information content (AvgIpc) is 2.59. The molecule has 0 atom stereocenters. The molecule has 25 heavy (non-hydrogen) atoms. The van der Waals surface area contributed by atoms with Crippen molar-refractivity contribution in [1.82, 2.24) is 9.97 Å². The highest BCUT2D eigenvalue weighted by atomic mass is 19.1. The van der Waals surface area contributed by atoms with Crippen LogP contribution in [-0.2, 0) is 0 Å². The summed E-state index contributed by atoms with van der Waals surface area (Å²) in [6.45, 7) is 4.06. The van der Waals surface area contributed by atoms with Gasteiger partial charge in [-0.2, -0.15) is 0 Å². The Morgan fingerprint density at radius 2 is 1.84 bits per heavy atom. The van der Waals surface area contributed by atoms with Gasteiger partial charge >= 0.3 is 6.03 Å². The summed E-state index contributed by atoms with van der Waals surface area (Å²) in [5, 5.41) is 4.83. The largest absolute Gasteiger partial charge is 0.341 e. The molecule has 0 saturated carbocycles. The summed E-state index contributed by atoms with van der Waals surface area (Å²) >= 11 is 0. The fourth-order valence-electron chi connectivity index (χ4n) is 2.63. The number of hydrogen-bond donors (Lipinski definition) is 2. The molecule has 2 N–H and O–H groups in total. The molecule has 0 bridgehead atoms. The van der Waals surface area contributed by atoms with Gasteiger partial charge in [-0.3, -0.25) is 0 Å². The van der Waals surface area contributed by atoms with Crippen LogP contribution in [-0.4, -0.2) is 29.1 Å². The summed E-state index contributed by atoms with van der Waals surface area (Å²) in [5.41, 5.74) is 0.271. The Morgan fingerprint density at radius 1 is 1.16 bits per heavy atom. The van der Waals surface area contributed by atoms with Crippen molar-refractivity contribution in [2.75, 3.05) is 28.6 Å². The van der Waals surface area contributed by atoms with Crippen molar-refractivity contribution in [2.24, 2.45) is 5.92 Å². The van der Waals surface area contributed by atoms with Gasteiger partial charge in [0.2, 0.25) is 5.95 Å². The molecule has 2 heterocycles. The molecule has 6 nitrogen and oxygen atoms in total. The second kappa shape index (κ2) is 7.42. The van der Waals surface area contributed by atoms with Crippen LogP contribution in [0, 0.1) is 17.6 Å². The number of amides is 2. The van der Waals surface area contributed by atoms with E-state index < -0.39 is 17.7 Å². The number of urea groups is 1. The number of rotatable bonds is 3. The quantitative estimate of drug-likeness (QED) is 0.889. The van der Waals surface area contributed by atoms with E-state index in [1.807, 2.05) is 0 Å². The molecule has 1 aromatic heterocycles. The monoisotopic (exact) mass is 347 g/mol. The summed E-state index contributed by atoms with van der Waals surface area (Å²) in [6.07, 6.45) is 5.21. The zero-order chi connectivity index (χ0) is 17.8. The van der Waals surface area contributed by atoms with E-state index in [0.29, 0.717) is 23.6 Å². The molecular formula is C17H19F2N5O. The fourth-order valence-corrected chi connectivity index (χ4v) is 2.63. The molecular weight excluding hydrogens is 328 g/mol. The van der Waals surface area contributed by atoms with Gasteiger partial charge in [-0.25, -0.2) is 23.5 Å². The van der Waals surface area contributed by atoms with Crippen molar-refractivity contribution in [2.45, 2.75) is 19.8 Å². The lowest BCUT2D eigenvalue weighted by atomic mass is 10.00. The summed E-state index contributed by atoms with van der Waals surface area (Å²) in [6, 6.07) is 2.26. The predicted octanol–water partition coefficient (Wildman–Crippen LogP) is 3.64. The topological polar surface area (TPSA) is 70.2 Å². The number of aromatic nitrogens is 2. The van der Waals surface area contributed by atoms with Crippen molar-refractivity contribution in [1.29, 1.82) is 0 Å². The molecule has 2 aromatic rings. The van der Waals surface area contributed by atoms with Crippen LogP contribution < -0.4 is 15.5 Å². The highest BCUT2D eigenvalue weighted by Crippen LogP contribution is 2.20. The summed E-state index contributed by atoms with van der Waals surface area (Å²) in [7, 11) is 0. The first-order valence-electron chi connectivity index (χ1n) is 8.11. The first kappa shape index (κ1) is 17.1. The highest BCUT2D eigenvalue weighted by molar-refractivity contribution is 5.99. The summed E-state index contributed by atoms with van der Waals surface area (Å²) in [4.78, 5) is 22.5. The van der Waals surface area contributed by atoms with Crippen LogP contribution in [0.2, 0.25) is 0 Å². The van der Waals surface area contributed by atoms with Gasteiger partial charge in [0, 0.05) is 19.2 Å². The summed E-state index contributed by atoms with van der Waals surface area (Å²) < 4.78 is 26.4. The van der Waals surface area contributed by atoms with Crippen LogP contribution in [0.1, 0.15) is 19.8 Å². The Hall–Kier alpha value is -2.77. The number of anilines is 3. The number of hydrogen-bond acceptors (Lipinski definition) is 4. The first-order valence-corrected chi connectivity index (χ1v) is 8.11. The Balaban J connectivity index is 1.58. The van der Waals surface area contributed by atoms with Crippen LogP contribution in [0.3, 0.4) is 0 Å². The molecule has 0 unspecified atom stereocenters. The number of carbonyl (C=O) groups is 1.